The molecule has 3 atom stereocenters. The van der Waals surface area contributed by atoms with E-state index in [0.29, 0.717) is 13.0 Å². The molecule has 0 aliphatic carbocycles. The lowest BCUT2D eigenvalue weighted by atomic mass is 10.3. The molecule has 0 aromatic carbocycles. The van der Waals surface area contributed by atoms with Gasteiger partial charge >= 0.3 is 10.7 Å². The zero-order valence-corrected chi connectivity index (χ0v) is 11.4. The molecule has 0 spiro atoms. The summed E-state index contributed by atoms with van der Waals surface area (Å²) >= 11 is -1.59. The minimum atomic E-state index is -1.59. The first-order valence-electron chi connectivity index (χ1n) is 5.76. The zero-order chi connectivity index (χ0) is 14.0. The van der Waals surface area contributed by atoms with Gasteiger partial charge in [0.2, 0.25) is 5.88 Å². The lowest BCUT2D eigenvalue weighted by Crippen LogP contribution is -2.29. The zero-order valence-electron chi connectivity index (χ0n) is 10.6. The number of pyridine rings is 1. The summed E-state index contributed by atoms with van der Waals surface area (Å²) in [4.78, 5) is 14.4. The molecule has 1 aliphatic heterocycles. The number of methoxy groups -OCH3 is 1. The summed E-state index contributed by atoms with van der Waals surface area (Å²) in [5.74, 6) is 0.209. The summed E-state index contributed by atoms with van der Waals surface area (Å²) in [6.45, 7) is 2.32. The van der Waals surface area contributed by atoms with E-state index in [1.807, 2.05) is 6.92 Å². The average molecular weight is 286 g/mol. The van der Waals surface area contributed by atoms with Crippen molar-refractivity contribution in [1.29, 1.82) is 0 Å². The van der Waals surface area contributed by atoms with Crippen molar-refractivity contribution in [3.8, 4) is 5.88 Å². The van der Waals surface area contributed by atoms with Crippen molar-refractivity contribution >= 4 is 16.9 Å². The normalized spacial score (nSPS) is 24.2. The summed E-state index contributed by atoms with van der Waals surface area (Å²) in [6, 6.07) is 2.65. The van der Waals surface area contributed by atoms with E-state index in [4.69, 9.17) is 9.47 Å². The molecule has 1 saturated heterocycles. The summed E-state index contributed by atoms with van der Waals surface area (Å²) in [7, 11) is 1.40. The molecule has 1 fully saturated rings. The number of rotatable bonds is 4. The number of nitrogens with zero attached hydrogens (tertiary/aromatic N) is 2. The van der Waals surface area contributed by atoms with Crippen LogP contribution in [0.3, 0.4) is 0 Å². The first-order chi connectivity index (χ1) is 9.04. The third kappa shape index (κ3) is 2.80. The van der Waals surface area contributed by atoms with Gasteiger partial charge in [0.25, 0.3) is 0 Å². The molecule has 1 aromatic rings. The van der Waals surface area contributed by atoms with Crippen molar-refractivity contribution in [2.75, 3.05) is 13.7 Å². The Morgan fingerprint density at radius 1 is 1.58 bits per heavy atom. The Morgan fingerprint density at radius 3 is 2.84 bits per heavy atom. The monoisotopic (exact) mass is 286 g/mol. The van der Waals surface area contributed by atoms with Crippen molar-refractivity contribution in [3.05, 3.63) is 22.2 Å². The Bertz CT molecular complexity index is 484. The van der Waals surface area contributed by atoms with Gasteiger partial charge in [0.1, 0.15) is 6.10 Å². The second-order valence-corrected chi connectivity index (χ2v) is 5.72. The molecular formula is C11H14N2O5S. The van der Waals surface area contributed by atoms with E-state index < -0.39 is 16.1 Å². The largest absolute Gasteiger partial charge is 0.610 e. The molecule has 0 N–H and O–H groups in total. The predicted octanol–water partition coefficient (Wildman–Crippen LogP) is 1.28. The third-order valence-corrected chi connectivity index (χ3v) is 4.84. The molecule has 2 heterocycles. The van der Waals surface area contributed by atoms with E-state index >= 15 is 0 Å². The maximum Gasteiger partial charge on any atom is 0.344 e. The molecule has 0 bridgehead atoms. The number of hydrogen-bond acceptors (Lipinski definition) is 6. The number of hydrogen-bond donors (Lipinski definition) is 0. The van der Waals surface area contributed by atoms with Crippen molar-refractivity contribution in [2.24, 2.45) is 0 Å². The highest BCUT2D eigenvalue weighted by Crippen LogP contribution is 2.32. The fraction of sp³-hybridized carbons (Fsp3) is 0.545. The number of nitro groups is 1. The van der Waals surface area contributed by atoms with Gasteiger partial charge in [-0.15, -0.1) is 0 Å². The average Bonchev–Trinajstić information content (AvgIpc) is 2.83. The summed E-state index contributed by atoms with van der Waals surface area (Å²) < 4.78 is 22.7. The minimum Gasteiger partial charge on any atom is -0.610 e. The maximum absolute atomic E-state index is 12.5. The summed E-state index contributed by atoms with van der Waals surface area (Å²) in [5.41, 5.74) is -0.252. The van der Waals surface area contributed by atoms with Crippen LogP contribution >= 0.6 is 0 Å². The van der Waals surface area contributed by atoms with E-state index in [1.165, 1.54) is 19.2 Å². The molecule has 0 saturated carbocycles. The molecule has 3 unspecified atom stereocenters. The molecule has 8 heteroatoms. The summed E-state index contributed by atoms with van der Waals surface area (Å²) in [6.07, 6.45) is 0.400. The lowest BCUT2D eigenvalue weighted by Gasteiger charge is -2.18. The van der Waals surface area contributed by atoms with Crippen LogP contribution in [0.25, 0.3) is 0 Å². The fourth-order valence-corrected chi connectivity index (χ4v) is 3.51. The SMILES string of the molecule is COc1ccc([N+](=O)[O-])c([S+]([O-])C2CCOC2C)n1. The van der Waals surface area contributed by atoms with Crippen LogP contribution in [0, 0.1) is 10.1 Å². The highest BCUT2D eigenvalue weighted by atomic mass is 32.2. The molecule has 1 aromatic heterocycles. The van der Waals surface area contributed by atoms with Crippen LogP contribution in [-0.4, -0.2) is 39.5 Å². The van der Waals surface area contributed by atoms with Gasteiger partial charge in [0.05, 0.1) is 18.6 Å². The smallest absolute Gasteiger partial charge is 0.344 e. The highest BCUT2D eigenvalue weighted by Gasteiger charge is 2.40. The van der Waals surface area contributed by atoms with Crippen LogP contribution in [0.2, 0.25) is 0 Å². The van der Waals surface area contributed by atoms with Crippen LogP contribution < -0.4 is 4.74 Å². The molecule has 7 nitrogen and oxygen atoms in total. The molecule has 104 valence electrons. The van der Waals surface area contributed by atoms with Crippen LogP contribution in [0.4, 0.5) is 5.69 Å². The Morgan fingerprint density at radius 2 is 2.32 bits per heavy atom. The van der Waals surface area contributed by atoms with Crippen LogP contribution in [0.1, 0.15) is 13.3 Å². The molecule has 19 heavy (non-hydrogen) atoms. The van der Waals surface area contributed by atoms with Crippen molar-refractivity contribution in [1.82, 2.24) is 4.98 Å². The third-order valence-electron chi connectivity index (χ3n) is 2.99. The number of aromatic nitrogens is 1. The van der Waals surface area contributed by atoms with Gasteiger partial charge in [0, 0.05) is 29.7 Å². The Hall–Kier alpha value is -1.38. The second-order valence-electron chi connectivity index (χ2n) is 4.14. The number of ether oxygens (including phenoxy) is 2. The van der Waals surface area contributed by atoms with Crippen LogP contribution in [0.15, 0.2) is 17.2 Å². The molecule has 2 rings (SSSR count). The van der Waals surface area contributed by atoms with E-state index in [9.17, 15) is 14.7 Å². The van der Waals surface area contributed by atoms with Crippen LogP contribution in [0.5, 0.6) is 5.88 Å². The molecule has 1 aliphatic rings. The van der Waals surface area contributed by atoms with Gasteiger partial charge in [0.15, 0.2) is 5.25 Å². The van der Waals surface area contributed by atoms with E-state index in [1.54, 1.807) is 0 Å². The van der Waals surface area contributed by atoms with Crippen molar-refractivity contribution in [3.63, 3.8) is 0 Å². The Kier molecular flexibility index (Phi) is 4.23. The standard InChI is InChI=1S/C11H14N2O5S/c1-7-9(5-6-18-7)19(16)11-8(13(14)15)3-4-10(12-11)17-2/h3-4,7,9H,5-6H2,1-2H3. The quantitative estimate of drug-likeness (QED) is 0.470. The van der Waals surface area contributed by atoms with Gasteiger partial charge in [-0.05, 0) is 6.92 Å². The van der Waals surface area contributed by atoms with Gasteiger partial charge in [-0.2, -0.15) is 4.98 Å². The second kappa shape index (κ2) is 5.72. The maximum atomic E-state index is 12.5. The van der Waals surface area contributed by atoms with Gasteiger partial charge in [-0.25, -0.2) is 0 Å². The Balaban J connectivity index is 2.37. The van der Waals surface area contributed by atoms with Gasteiger partial charge in [-0.1, -0.05) is 0 Å². The topological polar surface area (TPSA) is 97.6 Å². The fourth-order valence-electron chi connectivity index (χ4n) is 1.95. The Labute approximate surface area is 113 Å². The molecular weight excluding hydrogens is 272 g/mol. The molecule has 0 radical (unpaired) electrons. The van der Waals surface area contributed by atoms with E-state index in [-0.39, 0.29) is 27.9 Å². The van der Waals surface area contributed by atoms with Crippen molar-refractivity contribution < 1.29 is 18.9 Å². The molecule has 0 amide bonds. The van der Waals surface area contributed by atoms with Crippen LogP contribution in [-0.2, 0) is 15.9 Å². The minimum absolute atomic E-state index is 0.0494. The lowest BCUT2D eigenvalue weighted by molar-refractivity contribution is -0.388. The van der Waals surface area contributed by atoms with E-state index in [2.05, 4.69) is 4.98 Å². The van der Waals surface area contributed by atoms with Gasteiger partial charge < -0.3 is 14.0 Å². The predicted molar refractivity (Wildman–Crippen MR) is 67.7 cm³/mol. The highest BCUT2D eigenvalue weighted by molar-refractivity contribution is 7.92. The first kappa shape index (κ1) is 14.0. The van der Waals surface area contributed by atoms with Crippen molar-refractivity contribution in [2.45, 2.75) is 29.7 Å². The first-order valence-corrected chi connectivity index (χ1v) is 6.97. The summed E-state index contributed by atoms with van der Waals surface area (Å²) in [5, 5.41) is 10.7. The van der Waals surface area contributed by atoms with E-state index in [0.717, 1.165) is 0 Å². The van der Waals surface area contributed by atoms with Gasteiger partial charge in [-0.3, -0.25) is 10.1 Å².